The van der Waals surface area contributed by atoms with Crippen LogP contribution in [0, 0.1) is 19.7 Å². The molecular weight excluding hydrogens is 517 g/mol. The number of carboxylic acid groups (broad SMARTS) is 1. The highest BCUT2D eigenvalue weighted by molar-refractivity contribution is 7.91. The lowest BCUT2D eigenvalue weighted by Gasteiger charge is -2.24. The van der Waals surface area contributed by atoms with Gasteiger partial charge in [0, 0.05) is 12.1 Å². The largest absolute Gasteiger partial charge is 0.490 e. The third-order valence-corrected chi connectivity index (χ3v) is 9.57. The summed E-state index contributed by atoms with van der Waals surface area (Å²) in [6, 6.07) is 15.4. The number of nitrogens with one attached hydrogen (secondary N) is 1. The average molecular weight is 552 g/mol. The number of halogens is 1. The number of ether oxygens (including phenoxy) is 1. The fraction of sp³-hybridized carbons (Fsp3) is 0.387. The van der Waals surface area contributed by atoms with Crippen LogP contribution in [-0.2, 0) is 27.5 Å². The third kappa shape index (κ3) is 6.11. The molecule has 3 aromatic rings. The van der Waals surface area contributed by atoms with Crippen LogP contribution in [0.4, 0.5) is 10.1 Å². The van der Waals surface area contributed by atoms with Crippen LogP contribution in [0.15, 0.2) is 48.5 Å². The smallest absolute Gasteiger partial charge is 0.303 e. The average Bonchev–Trinajstić information content (AvgIpc) is 3.28. The molecular formula is C31H34FNO5S. The first-order chi connectivity index (χ1) is 18.6. The minimum Gasteiger partial charge on any atom is -0.490 e. The van der Waals surface area contributed by atoms with Gasteiger partial charge in [0.25, 0.3) is 0 Å². The summed E-state index contributed by atoms with van der Waals surface area (Å²) in [5.41, 5.74) is 8.16. The first kappa shape index (κ1) is 27.2. The molecule has 6 nitrogen and oxygen atoms in total. The molecule has 206 valence electrons. The summed E-state index contributed by atoms with van der Waals surface area (Å²) in [4.78, 5) is 10.8. The minimum absolute atomic E-state index is 0.0509. The molecule has 1 heterocycles. The van der Waals surface area contributed by atoms with Crippen molar-refractivity contribution < 1.29 is 27.4 Å². The number of sulfone groups is 1. The van der Waals surface area contributed by atoms with Gasteiger partial charge in [-0.1, -0.05) is 24.3 Å². The van der Waals surface area contributed by atoms with Crippen molar-refractivity contribution >= 4 is 21.5 Å². The molecule has 0 radical (unpaired) electrons. The van der Waals surface area contributed by atoms with Gasteiger partial charge < -0.3 is 15.2 Å². The van der Waals surface area contributed by atoms with Crippen LogP contribution in [0.5, 0.6) is 5.75 Å². The van der Waals surface area contributed by atoms with E-state index in [0.717, 1.165) is 29.7 Å². The van der Waals surface area contributed by atoms with E-state index in [4.69, 9.17) is 9.84 Å². The van der Waals surface area contributed by atoms with E-state index in [1.54, 1.807) is 6.07 Å². The molecule has 1 fully saturated rings. The van der Waals surface area contributed by atoms with Gasteiger partial charge in [0.05, 0.1) is 17.5 Å². The molecule has 0 aromatic heterocycles. The monoisotopic (exact) mass is 551 g/mol. The highest BCUT2D eigenvalue weighted by Crippen LogP contribution is 2.42. The SMILES string of the molecule is Cc1cc(OC2CCS(=O)(=O)CC2)cc(C)c1-c1cccc2c1CCC2Nc1ccc(CCC(=O)O)c(F)c1. The van der Waals surface area contributed by atoms with Gasteiger partial charge >= 0.3 is 5.97 Å². The number of rotatable bonds is 8. The zero-order chi connectivity index (χ0) is 27.7. The Morgan fingerprint density at radius 2 is 1.77 bits per heavy atom. The topological polar surface area (TPSA) is 92.7 Å². The number of hydrogen-bond acceptors (Lipinski definition) is 5. The molecule has 0 bridgehead atoms. The Hall–Kier alpha value is -3.39. The van der Waals surface area contributed by atoms with Crippen molar-refractivity contribution in [1.82, 2.24) is 0 Å². The predicted molar refractivity (Wildman–Crippen MR) is 151 cm³/mol. The molecule has 0 amide bonds. The number of hydrogen-bond donors (Lipinski definition) is 2. The molecule has 5 rings (SSSR count). The van der Waals surface area contributed by atoms with Crippen LogP contribution >= 0.6 is 0 Å². The zero-order valence-corrected chi connectivity index (χ0v) is 23.1. The Balaban J connectivity index is 1.34. The van der Waals surface area contributed by atoms with Crippen LogP contribution in [0.2, 0.25) is 0 Å². The van der Waals surface area contributed by atoms with Gasteiger partial charge in [-0.2, -0.15) is 0 Å². The van der Waals surface area contributed by atoms with Crippen LogP contribution < -0.4 is 10.1 Å². The van der Waals surface area contributed by atoms with Crippen molar-refractivity contribution in [2.75, 3.05) is 16.8 Å². The van der Waals surface area contributed by atoms with Crippen LogP contribution in [0.25, 0.3) is 11.1 Å². The van der Waals surface area contributed by atoms with E-state index in [9.17, 15) is 17.6 Å². The first-order valence-corrected chi connectivity index (χ1v) is 15.3. The second-order valence-electron chi connectivity index (χ2n) is 10.7. The summed E-state index contributed by atoms with van der Waals surface area (Å²) < 4.78 is 44.3. The lowest BCUT2D eigenvalue weighted by Crippen LogP contribution is -2.30. The Morgan fingerprint density at radius 1 is 1.05 bits per heavy atom. The van der Waals surface area contributed by atoms with Crippen LogP contribution in [0.3, 0.4) is 0 Å². The molecule has 1 unspecified atom stereocenters. The van der Waals surface area contributed by atoms with Crippen molar-refractivity contribution in [2.45, 2.75) is 64.5 Å². The molecule has 0 spiro atoms. The fourth-order valence-electron chi connectivity index (χ4n) is 5.92. The maximum absolute atomic E-state index is 14.6. The van der Waals surface area contributed by atoms with Gasteiger partial charge in [-0.05, 0) is 109 Å². The summed E-state index contributed by atoms with van der Waals surface area (Å²) in [6.07, 6.45) is 2.83. The predicted octanol–water partition coefficient (Wildman–Crippen LogP) is 6.18. The molecule has 2 aliphatic rings. The second kappa shape index (κ2) is 11.0. The van der Waals surface area contributed by atoms with Crippen molar-refractivity contribution in [3.63, 3.8) is 0 Å². The number of anilines is 1. The third-order valence-electron chi connectivity index (χ3n) is 7.85. The second-order valence-corrected chi connectivity index (χ2v) is 13.0. The lowest BCUT2D eigenvalue weighted by atomic mass is 9.90. The van der Waals surface area contributed by atoms with Gasteiger partial charge in [-0.3, -0.25) is 4.79 Å². The van der Waals surface area contributed by atoms with E-state index >= 15 is 0 Å². The number of benzene rings is 3. The fourth-order valence-corrected chi connectivity index (χ4v) is 7.36. The standard InChI is InChI=1S/C31H34FNO5S/c1-19-16-24(38-23-12-14-39(36,37)15-13-23)17-20(2)31(19)27-5-3-4-26-25(27)9-10-29(26)33-22-8-6-21(28(32)18-22)7-11-30(34)35/h3-6,8,16-18,23,29,33H,7,9-15H2,1-2H3,(H,34,35). The van der Waals surface area contributed by atoms with E-state index in [-0.39, 0.29) is 36.5 Å². The van der Waals surface area contributed by atoms with Crippen molar-refractivity contribution in [3.05, 3.63) is 82.2 Å². The Kier molecular flexibility index (Phi) is 7.67. The normalized spacial score (nSPS) is 18.5. The van der Waals surface area contributed by atoms with E-state index in [1.165, 1.54) is 28.3 Å². The molecule has 39 heavy (non-hydrogen) atoms. The molecule has 1 atom stereocenters. The maximum atomic E-state index is 14.6. The molecule has 3 aromatic carbocycles. The molecule has 1 aliphatic carbocycles. The van der Waals surface area contributed by atoms with Crippen molar-refractivity contribution in [1.29, 1.82) is 0 Å². The summed E-state index contributed by atoms with van der Waals surface area (Å²) in [6.45, 7) is 4.17. The molecule has 1 aliphatic heterocycles. The van der Waals surface area contributed by atoms with Crippen LogP contribution in [-0.4, -0.2) is 37.1 Å². The number of carbonyl (C=O) groups is 1. The molecule has 8 heteroatoms. The molecule has 2 N–H and O–H groups in total. The minimum atomic E-state index is -2.93. The summed E-state index contributed by atoms with van der Waals surface area (Å²) in [5.74, 6) is -0.193. The van der Waals surface area contributed by atoms with Gasteiger partial charge in [0.15, 0.2) is 9.84 Å². The van der Waals surface area contributed by atoms with Crippen molar-refractivity contribution in [3.8, 4) is 16.9 Å². The van der Waals surface area contributed by atoms with E-state index in [0.29, 0.717) is 24.1 Å². The Morgan fingerprint density at radius 3 is 2.44 bits per heavy atom. The summed E-state index contributed by atoms with van der Waals surface area (Å²) in [7, 11) is -2.93. The summed E-state index contributed by atoms with van der Waals surface area (Å²) in [5, 5.41) is 12.4. The Bertz CT molecular complexity index is 1480. The summed E-state index contributed by atoms with van der Waals surface area (Å²) >= 11 is 0. The van der Waals surface area contributed by atoms with Gasteiger partial charge in [0.1, 0.15) is 17.7 Å². The van der Waals surface area contributed by atoms with E-state index in [1.807, 2.05) is 18.2 Å². The highest BCUT2D eigenvalue weighted by Gasteiger charge is 2.27. The van der Waals surface area contributed by atoms with Gasteiger partial charge in [0.2, 0.25) is 0 Å². The zero-order valence-electron chi connectivity index (χ0n) is 22.3. The highest BCUT2D eigenvalue weighted by atomic mass is 32.2. The van der Waals surface area contributed by atoms with Gasteiger partial charge in [-0.15, -0.1) is 0 Å². The number of carboxylic acids is 1. The number of fused-ring (bicyclic) bond motifs is 1. The number of aryl methyl sites for hydroxylation is 3. The molecule has 0 saturated carbocycles. The Labute approximate surface area is 229 Å². The van der Waals surface area contributed by atoms with E-state index < -0.39 is 21.6 Å². The lowest BCUT2D eigenvalue weighted by molar-refractivity contribution is -0.136. The maximum Gasteiger partial charge on any atom is 0.303 e. The molecule has 1 saturated heterocycles. The quantitative estimate of drug-likeness (QED) is 0.347. The van der Waals surface area contributed by atoms with Gasteiger partial charge in [-0.25, -0.2) is 12.8 Å². The van der Waals surface area contributed by atoms with Crippen molar-refractivity contribution in [2.24, 2.45) is 0 Å². The number of aliphatic carboxylic acids is 1. The van der Waals surface area contributed by atoms with E-state index in [2.05, 4.69) is 37.4 Å². The van der Waals surface area contributed by atoms with Crippen LogP contribution in [0.1, 0.15) is 59.5 Å². The first-order valence-electron chi connectivity index (χ1n) is 13.5.